The maximum absolute atomic E-state index is 12.9. The van der Waals surface area contributed by atoms with Gasteiger partial charge in [0.05, 0.1) is 0 Å². The molecule has 0 N–H and O–H groups in total. The fraction of sp³-hybridized carbons (Fsp3) is 0.689. The van der Waals surface area contributed by atoms with Gasteiger partial charge in [-0.05, 0) is 128 Å². The molecule has 0 radical (unpaired) electrons. The Balaban J connectivity index is 4.27. The van der Waals surface area contributed by atoms with Gasteiger partial charge < -0.3 is 14.2 Å². The van der Waals surface area contributed by atoms with Crippen LogP contribution < -0.4 is 0 Å². The lowest BCUT2D eigenvalue weighted by Crippen LogP contribution is -2.30. The molecule has 6 nitrogen and oxygen atoms in total. The second-order valence-corrected chi connectivity index (χ2v) is 22.0. The molecule has 0 aliphatic carbocycles. The standard InChI is InChI=1S/C74H124O6/c1-4-7-10-13-16-19-22-24-26-28-30-32-34-35-36-37-38-39-41-42-44-46-48-50-52-55-58-61-64-67-73(76)79-70-71(69-78-72(75)66-63-60-57-54-21-18-15-12-9-6-3)80-74(77)68-65-62-59-56-53-51-49-47-45-43-40-33-31-29-27-25-23-20-17-14-11-8-5-2/h7,10,12,15-16,19,23-26,29-32,35-36,38-39,42,44,71H,4-6,8-9,11,13-14,17-18,20-22,27-28,33-34,37,40-41,43,45-70H2,1-3H3/b10-7-,15-12-,19-16-,25-23-,26-24-,31-29-,32-30-,36-35-,39-38-,44-42-. The van der Waals surface area contributed by atoms with Gasteiger partial charge in [-0.1, -0.05) is 284 Å². The minimum absolute atomic E-state index is 0.0878. The first-order valence-corrected chi connectivity index (χ1v) is 33.5. The molecule has 0 saturated carbocycles. The molecule has 0 aliphatic heterocycles. The number of carbonyl (C=O) groups is 3. The Morgan fingerprint density at radius 2 is 0.512 bits per heavy atom. The highest BCUT2D eigenvalue weighted by Gasteiger charge is 2.19. The number of hydrogen-bond acceptors (Lipinski definition) is 6. The smallest absolute Gasteiger partial charge is 0.306 e. The molecule has 0 fully saturated rings. The quantitative estimate of drug-likeness (QED) is 0.0261. The Morgan fingerprint density at radius 3 is 0.825 bits per heavy atom. The maximum Gasteiger partial charge on any atom is 0.306 e. The van der Waals surface area contributed by atoms with Gasteiger partial charge in [-0.3, -0.25) is 14.4 Å². The summed E-state index contributed by atoms with van der Waals surface area (Å²) in [5, 5.41) is 0. The zero-order valence-electron chi connectivity index (χ0n) is 52.3. The molecule has 0 aromatic rings. The van der Waals surface area contributed by atoms with Gasteiger partial charge in [0.25, 0.3) is 0 Å². The Labute approximate surface area is 494 Å². The van der Waals surface area contributed by atoms with Gasteiger partial charge in [-0.15, -0.1) is 0 Å². The highest BCUT2D eigenvalue weighted by Crippen LogP contribution is 2.16. The van der Waals surface area contributed by atoms with Crippen molar-refractivity contribution in [3.8, 4) is 0 Å². The van der Waals surface area contributed by atoms with Crippen LogP contribution >= 0.6 is 0 Å². The van der Waals surface area contributed by atoms with Crippen molar-refractivity contribution in [1.29, 1.82) is 0 Å². The molecule has 0 rings (SSSR count). The molecule has 1 unspecified atom stereocenters. The lowest BCUT2D eigenvalue weighted by atomic mass is 10.0. The summed E-state index contributed by atoms with van der Waals surface area (Å²) in [4.78, 5) is 38.3. The molecule has 80 heavy (non-hydrogen) atoms. The summed E-state index contributed by atoms with van der Waals surface area (Å²) < 4.78 is 16.9. The Bertz CT molecular complexity index is 1650. The van der Waals surface area contributed by atoms with E-state index in [-0.39, 0.29) is 31.1 Å². The van der Waals surface area contributed by atoms with Crippen LogP contribution in [0.5, 0.6) is 0 Å². The number of rotatable bonds is 60. The molecule has 0 spiro atoms. The lowest BCUT2D eigenvalue weighted by Gasteiger charge is -2.18. The Kier molecular flexibility index (Phi) is 63.8. The van der Waals surface area contributed by atoms with Crippen molar-refractivity contribution in [2.24, 2.45) is 0 Å². The van der Waals surface area contributed by atoms with Crippen molar-refractivity contribution in [1.82, 2.24) is 0 Å². The second kappa shape index (κ2) is 67.3. The van der Waals surface area contributed by atoms with Gasteiger partial charge in [-0.2, -0.15) is 0 Å². The van der Waals surface area contributed by atoms with Gasteiger partial charge in [0.15, 0.2) is 6.10 Å². The molecule has 0 aromatic heterocycles. The fourth-order valence-corrected chi connectivity index (χ4v) is 9.16. The summed E-state index contributed by atoms with van der Waals surface area (Å²) in [5.41, 5.74) is 0. The first-order valence-electron chi connectivity index (χ1n) is 33.5. The predicted octanol–water partition coefficient (Wildman–Crippen LogP) is 23.2. The van der Waals surface area contributed by atoms with Gasteiger partial charge in [0.1, 0.15) is 13.2 Å². The third-order valence-electron chi connectivity index (χ3n) is 14.2. The summed E-state index contributed by atoms with van der Waals surface area (Å²) >= 11 is 0. The number of esters is 3. The minimum Gasteiger partial charge on any atom is -0.462 e. The molecule has 1 atom stereocenters. The van der Waals surface area contributed by atoms with Crippen LogP contribution in [0.2, 0.25) is 0 Å². The van der Waals surface area contributed by atoms with Crippen LogP contribution in [0.15, 0.2) is 122 Å². The van der Waals surface area contributed by atoms with Crippen molar-refractivity contribution in [2.45, 2.75) is 316 Å². The molecule has 0 aliphatic rings. The molecule has 0 bridgehead atoms. The van der Waals surface area contributed by atoms with E-state index >= 15 is 0 Å². The average molecular weight is 1110 g/mol. The lowest BCUT2D eigenvalue weighted by molar-refractivity contribution is -0.167. The van der Waals surface area contributed by atoms with E-state index in [0.717, 1.165) is 135 Å². The maximum atomic E-state index is 12.9. The first-order chi connectivity index (χ1) is 39.5. The molecule has 6 heteroatoms. The van der Waals surface area contributed by atoms with Crippen LogP contribution in [0, 0.1) is 0 Å². The predicted molar refractivity (Wildman–Crippen MR) is 348 cm³/mol. The van der Waals surface area contributed by atoms with Crippen LogP contribution in [-0.2, 0) is 28.6 Å². The molecule has 456 valence electrons. The number of allylic oxidation sites excluding steroid dienone is 20. The number of unbranched alkanes of at least 4 members (excludes halogenated alkanes) is 29. The van der Waals surface area contributed by atoms with Gasteiger partial charge >= 0.3 is 17.9 Å². The van der Waals surface area contributed by atoms with E-state index in [1.54, 1.807) is 0 Å². The highest BCUT2D eigenvalue weighted by atomic mass is 16.6. The van der Waals surface area contributed by atoms with Crippen LogP contribution in [0.4, 0.5) is 0 Å². The molecule has 0 aromatic carbocycles. The normalized spacial score (nSPS) is 12.9. The summed E-state index contributed by atoms with van der Waals surface area (Å²) in [7, 11) is 0. The summed E-state index contributed by atoms with van der Waals surface area (Å²) in [6.07, 6.45) is 93.6. The van der Waals surface area contributed by atoms with Crippen LogP contribution in [0.3, 0.4) is 0 Å². The van der Waals surface area contributed by atoms with E-state index < -0.39 is 6.10 Å². The van der Waals surface area contributed by atoms with E-state index in [1.807, 2.05) is 0 Å². The largest absolute Gasteiger partial charge is 0.462 e. The zero-order valence-corrected chi connectivity index (χ0v) is 52.3. The van der Waals surface area contributed by atoms with Crippen molar-refractivity contribution in [3.63, 3.8) is 0 Å². The van der Waals surface area contributed by atoms with E-state index in [1.165, 1.54) is 135 Å². The topological polar surface area (TPSA) is 78.9 Å². The van der Waals surface area contributed by atoms with E-state index in [9.17, 15) is 14.4 Å². The Hall–Kier alpha value is -4.19. The van der Waals surface area contributed by atoms with Crippen molar-refractivity contribution in [3.05, 3.63) is 122 Å². The van der Waals surface area contributed by atoms with Gasteiger partial charge in [0.2, 0.25) is 0 Å². The van der Waals surface area contributed by atoms with Crippen molar-refractivity contribution < 1.29 is 28.6 Å². The SMILES string of the molecule is CC/C=C\C/C=C\C/C=C\C/C=C\C/C=C\C/C=C\C/C=C\CCCCCCCCCC(=O)OCC(COC(=O)CCCCCCC/C=C\CCC)OC(=O)CCCCCCCCCCCCC/C=C\C/C=C\CCCCCCC. The third kappa shape index (κ3) is 64.6. The van der Waals surface area contributed by atoms with Crippen LogP contribution in [-0.4, -0.2) is 37.2 Å². The molecule has 0 saturated heterocycles. The fourth-order valence-electron chi connectivity index (χ4n) is 9.16. The monoisotopic (exact) mass is 1110 g/mol. The molecular formula is C74H124O6. The molecule has 0 heterocycles. The van der Waals surface area contributed by atoms with E-state index in [4.69, 9.17) is 14.2 Å². The summed E-state index contributed by atoms with van der Waals surface area (Å²) in [6, 6.07) is 0. The highest BCUT2D eigenvalue weighted by molar-refractivity contribution is 5.71. The summed E-state index contributed by atoms with van der Waals surface area (Å²) in [6.45, 7) is 6.45. The van der Waals surface area contributed by atoms with Gasteiger partial charge in [0, 0.05) is 19.3 Å². The third-order valence-corrected chi connectivity index (χ3v) is 14.2. The van der Waals surface area contributed by atoms with Crippen molar-refractivity contribution >= 4 is 17.9 Å². The number of ether oxygens (including phenoxy) is 3. The minimum atomic E-state index is -0.791. The number of carbonyl (C=O) groups excluding carboxylic acids is 3. The van der Waals surface area contributed by atoms with Crippen LogP contribution in [0.25, 0.3) is 0 Å². The average Bonchev–Trinajstić information content (AvgIpc) is 3.46. The van der Waals surface area contributed by atoms with Crippen molar-refractivity contribution in [2.75, 3.05) is 13.2 Å². The zero-order chi connectivity index (χ0) is 57.8. The second-order valence-electron chi connectivity index (χ2n) is 22.0. The van der Waals surface area contributed by atoms with E-state index in [2.05, 4.69) is 142 Å². The van der Waals surface area contributed by atoms with E-state index in [0.29, 0.717) is 19.3 Å². The molecule has 0 amide bonds. The first kappa shape index (κ1) is 75.8. The van der Waals surface area contributed by atoms with Crippen LogP contribution in [0.1, 0.15) is 310 Å². The number of hydrogen-bond donors (Lipinski definition) is 0. The Morgan fingerprint density at radius 1 is 0.263 bits per heavy atom. The summed E-state index contributed by atoms with van der Waals surface area (Å²) in [5.74, 6) is -0.905. The molecular weight excluding hydrogens is 985 g/mol. The van der Waals surface area contributed by atoms with Gasteiger partial charge in [-0.25, -0.2) is 0 Å².